The minimum absolute atomic E-state index is 0.00364. The lowest BCUT2D eigenvalue weighted by Gasteiger charge is -2.52. The number of fused-ring (bicyclic) bond motifs is 5. The maximum absolute atomic E-state index is 11.6. The molecule has 0 aromatic heterocycles. The van der Waals surface area contributed by atoms with Gasteiger partial charge in [0.2, 0.25) is 0 Å². The van der Waals surface area contributed by atoms with Gasteiger partial charge in [-0.1, -0.05) is 97.3 Å². The molecule has 3 nitrogen and oxygen atoms in total. The highest BCUT2D eigenvalue weighted by Crippen LogP contribution is 2.65. The van der Waals surface area contributed by atoms with Gasteiger partial charge in [0.1, 0.15) is 0 Å². The second-order valence-electron chi connectivity index (χ2n) is 16.0. The molecule has 0 aliphatic heterocycles. The summed E-state index contributed by atoms with van der Waals surface area (Å²) >= 11 is 7.23. The third kappa shape index (κ3) is 10.0. The fraction of sp³-hybridized carbons (Fsp3) is 0.814. The molecule has 9 unspecified atom stereocenters. The molecule has 9 atom stereocenters. The lowest BCUT2D eigenvalue weighted by atomic mass is 9.54. The first-order chi connectivity index (χ1) is 22.9. The van der Waals surface area contributed by atoms with E-state index in [0.29, 0.717) is 30.5 Å². The zero-order chi connectivity index (χ0) is 35.5. The van der Waals surface area contributed by atoms with E-state index < -0.39 is 0 Å². The number of allylic oxidation sites excluding steroid dienone is 5. The number of ether oxygens (including phenoxy) is 1. The van der Waals surface area contributed by atoms with Crippen molar-refractivity contribution in [2.75, 3.05) is 12.4 Å². The molecular weight excluding hydrogens is 627 g/mol. The Morgan fingerprint density at radius 2 is 1.69 bits per heavy atom. The van der Waals surface area contributed by atoms with Gasteiger partial charge in [-0.2, -0.15) is 12.6 Å². The number of rotatable bonds is 10. The second-order valence-corrected chi connectivity index (χ2v) is 18.7. The molecule has 3 saturated carbocycles. The molecule has 0 spiro atoms. The predicted molar refractivity (Wildman–Crippen MR) is 216 cm³/mol. The molecule has 0 heterocycles. The number of aliphatic hydroxyl groups excluding tert-OH is 1. The molecule has 48 heavy (non-hydrogen) atoms. The fourth-order valence-corrected chi connectivity index (χ4v) is 11.5. The third-order valence-corrected chi connectivity index (χ3v) is 14.3. The highest BCUT2D eigenvalue weighted by atomic mass is 32.2. The Bertz CT molecular complexity index is 1110. The molecule has 5 rings (SSSR count). The first-order valence-electron chi connectivity index (χ1n) is 20.1. The van der Waals surface area contributed by atoms with Crippen molar-refractivity contribution in [3.8, 4) is 0 Å². The zero-order valence-electron chi connectivity index (χ0n) is 32.7. The molecule has 0 amide bonds. The van der Waals surface area contributed by atoms with Crippen LogP contribution in [0.1, 0.15) is 153 Å². The van der Waals surface area contributed by atoms with Gasteiger partial charge in [-0.05, 0) is 125 Å². The van der Waals surface area contributed by atoms with E-state index in [4.69, 9.17) is 17.4 Å². The summed E-state index contributed by atoms with van der Waals surface area (Å²) in [5.74, 6) is 4.98. The Balaban J connectivity index is 0.00000118. The van der Waals surface area contributed by atoms with Crippen LogP contribution in [0, 0.1) is 34.5 Å². The van der Waals surface area contributed by atoms with E-state index in [1.165, 1.54) is 50.5 Å². The van der Waals surface area contributed by atoms with Crippen LogP contribution in [-0.4, -0.2) is 39.7 Å². The largest absolute Gasteiger partial charge is 0.498 e. The smallest absolute Gasteiger partial charge is 0.0997 e. The SMILES string of the molecule is CC.CCC.CCSC1(S)C=C2C(CC1)C1CCC3(CCO/C4=C/C=CC/C(C(C)NC(C)CC)=C\C4)C(O)CCC3C1CCC2(C)C. The molecule has 276 valence electrons. The van der Waals surface area contributed by atoms with Crippen LogP contribution >= 0.6 is 24.4 Å². The van der Waals surface area contributed by atoms with Crippen molar-refractivity contribution < 1.29 is 9.84 Å². The number of nitrogens with one attached hydrogen (secondary N) is 1. The molecule has 0 aromatic rings. The van der Waals surface area contributed by atoms with E-state index in [-0.39, 0.29) is 21.0 Å². The van der Waals surface area contributed by atoms with E-state index in [1.807, 2.05) is 25.6 Å². The van der Waals surface area contributed by atoms with Crippen molar-refractivity contribution in [3.05, 3.63) is 47.3 Å². The number of thiol groups is 1. The fourth-order valence-electron chi connectivity index (χ4n) is 9.86. The standard InChI is InChI=1S/C38H61NO2S2.C3H8.C2H6/c1-7-26(3)39-27(4)28-11-9-10-12-29(14-13-28)41-24-23-37-21-18-30-31(33(37)15-16-35(37)40)17-20-36(5,6)34-25-38(42,43-8-2)22-19-32(30)34;1-3-2;1-2/h9-10,12-13,25-27,30-33,35,39-40,42H,7-8,11,14-24H2,1-6H3;3H2,1-2H3;1-2H3/b10-9?,28-13+,29-12+;;. The Kier molecular flexibility index (Phi) is 16.8. The summed E-state index contributed by atoms with van der Waals surface area (Å²) in [6, 6.07) is 0.898. The molecule has 0 aromatic carbocycles. The van der Waals surface area contributed by atoms with E-state index in [1.54, 1.807) is 5.57 Å². The number of thioether (sulfide) groups is 1. The van der Waals surface area contributed by atoms with Crippen molar-refractivity contribution in [1.29, 1.82) is 0 Å². The average Bonchev–Trinajstić information content (AvgIpc) is 3.32. The summed E-state index contributed by atoms with van der Waals surface area (Å²) in [6.07, 6.45) is 26.2. The van der Waals surface area contributed by atoms with Gasteiger partial charge in [-0.3, -0.25) is 0 Å². The predicted octanol–water partition coefficient (Wildman–Crippen LogP) is 12.1. The number of hydrogen-bond donors (Lipinski definition) is 3. The Hall–Kier alpha value is -0.620. The molecule has 5 heteroatoms. The van der Waals surface area contributed by atoms with Gasteiger partial charge in [-0.25, -0.2) is 0 Å². The van der Waals surface area contributed by atoms with Crippen LogP contribution in [0.2, 0.25) is 0 Å². The van der Waals surface area contributed by atoms with Gasteiger partial charge in [0, 0.05) is 23.9 Å². The molecule has 3 fully saturated rings. The van der Waals surface area contributed by atoms with E-state index in [9.17, 15) is 5.11 Å². The molecule has 0 radical (unpaired) electrons. The topological polar surface area (TPSA) is 41.5 Å². The number of aliphatic hydroxyl groups is 1. The summed E-state index contributed by atoms with van der Waals surface area (Å²) in [7, 11) is 0. The average molecular weight is 702 g/mol. The minimum atomic E-state index is -0.184. The maximum Gasteiger partial charge on any atom is 0.0997 e. The van der Waals surface area contributed by atoms with Gasteiger partial charge in [0.25, 0.3) is 0 Å². The number of hydrogen-bond acceptors (Lipinski definition) is 5. The van der Waals surface area contributed by atoms with Crippen LogP contribution < -0.4 is 5.32 Å². The van der Waals surface area contributed by atoms with Crippen LogP contribution in [0.25, 0.3) is 0 Å². The summed E-state index contributed by atoms with van der Waals surface area (Å²) < 4.78 is 6.54. The lowest BCUT2D eigenvalue weighted by Crippen LogP contribution is -2.47. The lowest BCUT2D eigenvalue weighted by molar-refractivity contribution is -0.0708. The van der Waals surface area contributed by atoms with Crippen molar-refractivity contribution >= 4 is 24.4 Å². The van der Waals surface area contributed by atoms with Crippen molar-refractivity contribution in [3.63, 3.8) is 0 Å². The Morgan fingerprint density at radius 3 is 2.38 bits per heavy atom. The minimum Gasteiger partial charge on any atom is -0.498 e. The van der Waals surface area contributed by atoms with Crippen molar-refractivity contribution in [2.24, 2.45) is 34.5 Å². The highest BCUT2D eigenvalue weighted by Gasteiger charge is 2.58. The summed E-state index contributed by atoms with van der Waals surface area (Å²) in [5.41, 5.74) is 3.42. The highest BCUT2D eigenvalue weighted by molar-refractivity contribution is 8.11. The molecule has 5 aliphatic carbocycles. The quantitative estimate of drug-likeness (QED) is 0.120. The van der Waals surface area contributed by atoms with E-state index in [2.05, 4.69) is 91.1 Å². The normalized spacial score (nSPS) is 37.2. The van der Waals surface area contributed by atoms with E-state index in [0.717, 1.165) is 61.9 Å². The van der Waals surface area contributed by atoms with Crippen LogP contribution in [0.15, 0.2) is 47.3 Å². The van der Waals surface area contributed by atoms with Crippen molar-refractivity contribution in [2.45, 2.75) is 175 Å². The zero-order valence-corrected chi connectivity index (χ0v) is 34.5. The first kappa shape index (κ1) is 41.8. The van der Waals surface area contributed by atoms with Crippen LogP contribution in [0.5, 0.6) is 0 Å². The second kappa shape index (κ2) is 19.3. The maximum atomic E-state index is 11.6. The van der Waals surface area contributed by atoms with Crippen LogP contribution in [-0.2, 0) is 4.74 Å². The van der Waals surface area contributed by atoms with Crippen LogP contribution in [0.4, 0.5) is 0 Å². The van der Waals surface area contributed by atoms with Gasteiger partial charge in [0.05, 0.1) is 22.5 Å². The van der Waals surface area contributed by atoms with Crippen molar-refractivity contribution in [1.82, 2.24) is 5.32 Å². The van der Waals surface area contributed by atoms with Gasteiger partial charge in [0.15, 0.2) is 0 Å². The molecular formula is C43H75NO2S2. The molecule has 0 bridgehead atoms. The third-order valence-electron chi connectivity index (χ3n) is 12.4. The molecule has 0 saturated heterocycles. The van der Waals surface area contributed by atoms with E-state index >= 15 is 0 Å². The Morgan fingerprint density at radius 1 is 0.979 bits per heavy atom. The van der Waals surface area contributed by atoms with Gasteiger partial charge in [-0.15, -0.1) is 11.8 Å². The monoisotopic (exact) mass is 702 g/mol. The van der Waals surface area contributed by atoms with Crippen LogP contribution in [0.3, 0.4) is 0 Å². The summed E-state index contributed by atoms with van der Waals surface area (Å²) in [5, 5.41) is 15.3. The molecule has 5 aliphatic rings. The summed E-state index contributed by atoms with van der Waals surface area (Å²) in [6.45, 7) is 23.0. The molecule has 2 N–H and O–H groups in total. The van der Waals surface area contributed by atoms with Gasteiger partial charge >= 0.3 is 0 Å². The Labute approximate surface area is 307 Å². The van der Waals surface area contributed by atoms with Gasteiger partial charge < -0.3 is 15.2 Å². The summed E-state index contributed by atoms with van der Waals surface area (Å²) in [4.78, 5) is 0. The first-order valence-corrected chi connectivity index (χ1v) is 21.6.